The van der Waals surface area contributed by atoms with Gasteiger partial charge >= 0.3 is 5.97 Å². The number of hydrogen-bond donors (Lipinski definition) is 2. The predicted molar refractivity (Wildman–Crippen MR) is 70.2 cm³/mol. The van der Waals surface area contributed by atoms with Gasteiger partial charge in [0, 0.05) is 13.1 Å². The number of ether oxygens (including phenoxy) is 1. The minimum absolute atomic E-state index is 0.604. The Morgan fingerprint density at radius 1 is 1.39 bits per heavy atom. The minimum atomic E-state index is -0.855. The van der Waals surface area contributed by atoms with Crippen LogP contribution in [0.1, 0.15) is 6.92 Å². The van der Waals surface area contributed by atoms with Gasteiger partial charge in [0.05, 0.1) is 24.6 Å². The van der Waals surface area contributed by atoms with Crippen molar-refractivity contribution < 1.29 is 14.6 Å². The first-order chi connectivity index (χ1) is 8.68. The van der Waals surface area contributed by atoms with Crippen molar-refractivity contribution in [2.75, 3.05) is 36.5 Å². The van der Waals surface area contributed by atoms with E-state index in [0.717, 1.165) is 24.5 Å². The standard InChI is InChI=1S/C13H18N2O3/c1-10(13(16)17)14-11-4-2-3-5-12(11)15-6-8-18-9-7-15/h2-5,10,14H,6-9H2,1H3,(H,16,17). The first-order valence-electron chi connectivity index (χ1n) is 6.09. The number of hydrogen-bond acceptors (Lipinski definition) is 4. The number of benzene rings is 1. The SMILES string of the molecule is CC(Nc1ccccc1N1CCOCC1)C(=O)O. The average Bonchev–Trinajstić information content (AvgIpc) is 2.40. The van der Waals surface area contributed by atoms with Gasteiger partial charge in [0.15, 0.2) is 0 Å². The van der Waals surface area contributed by atoms with E-state index in [9.17, 15) is 4.79 Å². The molecule has 1 atom stereocenters. The van der Waals surface area contributed by atoms with E-state index in [1.54, 1.807) is 6.92 Å². The maximum absolute atomic E-state index is 10.9. The number of carbonyl (C=O) groups is 1. The lowest BCUT2D eigenvalue weighted by atomic mass is 10.2. The van der Waals surface area contributed by atoms with Crippen molar-refractivity contribution in [3.05, 3.63) is 24.3 Å². The molecule has 1 aromatic rings. The molecule has 2 N–H and O–H groups in total. The highest BCUT2D eigenvalue weighted by Crippen LogP contribution is 2.26. The molecule has 1 aromatic carbocycles. The number of carboxylic acid groups (broad SMARTS) is 1. The highest BCUT2D eigenvalue weighted by Gasteiger charge is 2.17. The Labute approximate surface area is 106 Å². The van der Waals surface area contributed by atoms with E-state index in [1.807, 2.05) is 24.3 Å². The molecule has 5 nitrogen and oxygen atoms in total. The van der Waals surface area contributed by atoms with Crippen LogP contribution in [-0.2, 0) is 9.53 Å². The van der Waals surface area contributed by atoms with E-state index in [0.29, 0.717) is 13.2 Å². The van der Waals surface area contributed by atoms with E-state index in [4.69, 9.17) is 9.84 Å². The lowest BCUT2D eigenvalue weighted by molar-refractivity contribution is -0.137. The summed E-state index contributed by atoms with van der Waals surface area (Å²) in [6.45, 7) is 4.73. The smallest absolute Gasteiger partial charge is 0.325 e. The van der Waals surface area contributed by atoms with Gasteiger partial charge in [0.1, 0.15) is 6.04 Å². The first-order valence-corrected chi connectivity index (χ1v) is 6.09. The second-order valence-corrected chi connectivity index (χ2v) is 4.32. The summed E-state index contributed by atoms with van der Waals surface area (Å²) in [5.74, 6) is -0.855. The average molecular weight is 250 g/mol. The molecule has 1 saturated heterocycles. The van der Waals surface area contributed by atoms with Crippen LogP contribution in [0, 0.1) is 0 Å². The Hall–Kier alpha value is -1.75. The predicted octanol–water partition coefficient (Wildman–Crippen LogP) is 1.41. The fourth-order valence-corrected chi connectivity index (χ4v) is 1.97. The quantitative estimate of drug-likeness (QED) is 0.846. The highest BCUT2D eigenvalue weighted by atomic mass is 16.5. The van der Waals surface area contributed by atoms with Crippen LogP contribution in [0.5, 0.6) is 0 Å². The van der Waals surface area contributed by atoms with Gasteiger partial charge in [-0.3, -0.25) is 4.79 Å². The molecule has 0 amide bonds. The van der Waals surface area contributed by atoms with Crippen molar-refractivity contribution in [2.45, 2.75) is 13.0 Å². The van der Waals surface area contributed by atoms with Crippen molar-refractivity contribution >= 4 is 17.3 Å². The lowest BCUT2D eigenvalue weighted by Crippen LogP contribution is -2.37. The maximum Gasteiger partial charge on any atom is 0.325 e. The topological polar surface area (TPSA) is 61.8 Å². The molecule has 18 heavy (non-hydrogen) atoms. The number of morpholine rings is 1. The molecule has 2 rings (SSSR count). The lowest BCUT2D eigenvalue weighted by Gasteiger charge is -2.31. The number of rotatable bonds is 4. The molecule has 98 valence electrons. The van der Waals surface area contributed by atoms with Gasteiger partial charge in [0.25, 0.3) is 0 Å². The molecule has 0 aromatic heterocycles. The summed E-state index contributed by atoms with van der Waals surface area (Å²) in [5, 5.41) is 12.0. The zero-order chi connectivity index (χ0) is 13.0. The molecular weight excluding hydrogens is 232 g/mol. The second kappa shape index (κ2) is 5.73. The Morgan fingerprint density at radius 3 is 2.72 bits per heavy atom. The van der Waals surface area contributed by atoms with Crippen molar-refractivity contribution in [1.82, 2.24) is 0 Å². The molecule has 0 bridgehead atoms. The maximum atomic E-state index is 10.9. The third-order valence-electron chi connectivity index (χ3n) is 3.00. The Bertz CT molecular complexity index is 416. The van der Waals surface area contributed by atoms with Crippen LogP contribution in [0.4, 0.5) is 11.4 Å². The summed E-state index contributed by atoms with van der Waals surface area (Å²) in [7, 11) is 0. The van der Waals surface area contributed by atoms with Crippen LogP contribution in [0.25, 0.3) is 0 Å². The molecule has 0 aliphatic carbocycles. The monoisotopic (exact) mass is 250 g/mol. The summed E-state index contributed by atoms with van der Waals surface area (Å²) in [4.78, 5) is 13.1. The molecule has 1 unspecified atom stereocenters. The van der Waals surface area contributed by atoms with Crippen LogP contribution in [-0.4, -0.2) is 43.4 Å². The summed E-state index contributed by atoms with van der Waals surface area (Å²) in [6.07, 6.45) is 0. The summed E-state index contributed by atoms with van der Waals surface area (Å²) in [6, 6.07) is 7.17. The zero-order valence-corrected chi connectivity index (χ0v) is 10.4. The molecule has 0 radical (unpaired) electrons. The third kappa shape index (κ3) is 2.92. The van der Waals surface area contributed by atoms with Gasteiger partial charge in [-0.05, 0) is 19.1 Å². The summed E-state index contributed by atoms with van der Waals surface area (Å²) < 4.78 is 5.32. The van der Waals surface area contributed by atoms with E-state index >= 15 is 0 Å². The zero-order valence-electron chi connectivity index (χ0n) is 10.4. The van der Waals surface area contributed by atoms with Crippen LogP contribution >= 0.6 is 0 Å². The molecule has 1 fully saturated rings. The molecular formula is C13H18N2O3. The molecule has 1 heterocycles. The van der Waals surface area contributed by atoms with Crippen LogP contribution < -0.4 is 10.2 Å². The fraction of sp³-hybridized carbons (Fsp3) is 0.462. The highest BCUT2D eigenvalue weighted by molar-refractivity contribution is 5.80. The van der Waals surface area contributed by atoms with Crippen molar-refractivity contribution in [3.8, 4) is 0 Å². The van der Waals surface area contributed by atoms with Gasteiger partial charge in [-0.25, -0.2) is 0 Å². The van der Waals surface area contributed by atoms with E-state index in [2.05, 4.69) is 10.2 Å². The number of aliphatic carboxylic acids is 1. The molecule has 1 aliphatic heterocycles. The molecule has 0 saturated carbocycles. The number of carboxylic acids is 1. The van der Waals surface area contributed by atoms with Gasteiger partial charge in [0.2, 0.25) is 0 Å². The van der Waals surface area contributed by atoms with Crippen molar-refractivity contribution in [1.29, 1.82) is 0 Å². The van der Waals surface area contributed by atoms with Gasteiger partial charge in [-0.2, -0.15) is 0 Å². The van der Waals surface area contributed by atoms with Gasteiger partial charge in [-0.1, -0.05) is 12.1 Å². The Kier molecular flexibility index (Phi) is 4.04. The summed E-state index contributed by atoms with van der Waals surface area (Å²) >= 11 is 0. The third-order valence-corrected chi connectivity index (χ3v) is 3.00. The number of nitrogens with one attached hydrogen (secondary N) is 1. The van der Waals surface area contributed by atoms with Crippen LogP contribution in [0.15, 0.2) is 24.3 Å². The van der Waals surface area contributed by atoms with Gasteiger partial charge < -0.3 is 20.1 Å². The Balaban J connectivity index is 2.16. The van der Waals surface area contributed by atoms with Crippen LogP contribution in [0.3, 0.4) is 0 Å². The van der Waals surface area contributed by atoms with Crippen LogP contribution in [0.2, 0.25) is 0 Å². The second-order valence-electron chi connectivity index (χ2n) is 4.32. The van der Waals surface area contributed by atoms with Crippen molar-refractivity contribution in [2.24, 2.45) is 0 Å². The minimum Gasteiger partial charge on any atom is -0.480 e. The molecule has 5 heteroatoms. The number of para-hydroxylation sites is 2. The Morgan fingerprint density at radius 2 is 2.06 bits per heavy atom. The first kappa shape index (κ1) is 12.7. The largest absolute Gasteiger partial charge is 0.480 e. The van der Waals surface area contributed by atoms with Gasteiger partial charge in [-0.15, -0.1) is 0 Å². The molecule has 1 aliphatic rings. The van der Waals surface area contributed by atoms with E-state index < -0.39 is 12.0 Å². The fourth-order valence-electron chi connectivity index (χ4n) is 1.97. The van der Waals surface area contributed by atoms with Crippen molar-refractivity contribution in [3.63, 3.8) is 0 Å². The van der Waals surface area contributed by atoms with E-state index in [1.165, 1.54) is 0 Å². The molecule has 0 spiro atoms. The number of anilines is 2. The number of nitrogens with zero attached hydrogens (tertiary/aromatic N) is 1. The van der Waals surface area contributed by atoms with E-state index in [-0.39, 0.29) is 0 Å². The normalized spacial score (nSPS) is 17.3. The summed E-state index contributed by atoms with van der Waals surface area (Å²) in [5.41, 5.74) is 1.89.